The molecule has 168 valence electrons. The molecule has 0 unspecified atom stereocenters. The molecule has 1 heterocycles. The molecule has 0 saturated carbocycles. The molecule has 1 aliphatic rings. The van der Waals surface area contributed by atoms with Gasteiger partial charge in [-0.2, -0.15) is 0 Å². The summed E-state index contributed by atoms with van der Waals surface area (Å²) in [6.45, 7) is 2.96. The molecule has 8 nitrogen and oxygen atoms in total. The number of anilines is 4. The zero-order valence-electron chi connectivity index (χ0n) is 18.2. The maximum Gasteiger partial charge on any atom is 0.255 e. The quantitative estimate of drug-likeness (QED) is 0.342. The lowest BCUT2D eigenvalue weighted by molar-refractivity contribution is -0.118. The molecule has 5 N–H and O–H groups in total. The first-order valence-corrected chi connectivity index (χ1v) is 10.7. The van der Waals surface area contributed by atoms with Gasteiger partial charge in [0.2, 0.25) is 5.91 Å². The molecule has 1 aliphatic heterocycles. The number of hydrogen-bond acceptors (Lipinski definition) is 5. The van der Waals surface area contributed by atoms with E-state index in [-0.39, 0.29) is 17.7 Å². The van der Waals surface area contributed by atoms with Gasteiger partial charge in [0.25, 0.3) is 11.8 Å². The Labute approximate surface area is 191 Å². The maximum absolute atomic E-state index is 12.8. The number of nitrogens with one attached hydrogen (secondary N) is 5. The van der Waals surface area contributed by atoms with Crippen molar-refractivity contribution in [3.05, 3.63) is 83.4 Å². The van der Waals surface area contributed by atoms with Crippen LogP contribution in [0.15, 0.2) is 66.7 Å². The Balaban J connectivity index is 1.45. The second-order valence-electron chi connectivity index (χ2n) is 7.63. The van der Waals surface area contributed by atoms with Gasteiger partial charge in [0.05, 0.1) is 11.3 Å². The highest BCUT2D eigenvalue weighted by Gasteiger charge is 2.26. The molecule has 0 aliphatic carbocycles. The summed E-state index contributed by atoms with van der Waals surface area (Å²) < 4.78 is 0. The largest absolute Gasteiger partial charge is 0.383 e. The number of benzene rings is 3. The van der Waals surface area contributed by atoms with Crippen LogP contribution < -0.4 is 26.6 Å². The molecule has 0 bridgehead atoms. The van der Waals surface area contributed by atoms with Crippen molar-refractivity contribution < 1.29 is 14.4 Å². The Bertz CT molecular complexity index is 1180. The lowest BCUT2D eigenvalue weighted by Crippen LogP contribution is -2.26. The first kappa shape index (κ1) is 21.9. The molecule has 0 spiro atoms. The van der Waals surface area contributed by atoms with Crippen LogP contribution in [0.25, 0.3) is 0 Å². The lowest BCUT2D eigenvalue weighted by Gasteiger charge is -2.14. The Morgan fingerprint density at radius 1 is 0.879 bits per heavy atom. The fourth-order valence-corrected chi connectivity index (χ4v) is 3.63. The molecular formula is C25H25N5O3. The van der Waals surface area contributed by atoms with Crippen molar-refractivity contribution in [1.82, 2.24) is 10.6 Å². The number of rotatable bonds is 8. The zero-order valence-corrected chi connectivity index (χ0v) is 18.2. The van der Waals surface area contributed by atoms with Crippen LogP contribution >= 0.6 is 0 Å². The Kier molecular flexibility index (Phi) is 6.54. The summed E-state index contributed by atoms with van der Waals surface area (Å²) in [4.78, 5) is 36.2. The van der Waals surface area contributed by atoms with Gasteiger partial charge < -0.3 is 26.6 Å². The topological polar surface area (TPSA) is 111 Å². The van der Waals surface area contributed by atoms with Crippen molar-refractivity contribution in [3.8, 4) is 0 Å². The first-order chi connectivity index (χ1) is 16.0. The van der Waals surface area contributed by atoms with Gasteiger partial charge in [-0.05, 0) is 48.5 Å². The molecule has 0 fully saturated rings. The van der Waals surface area contributed by atoms with E-state index in [4.69, 9.17) is 0 Å². The summed E-state index contributed by atoms with van der Waals surface area (Å²) in [5.41, 5.74) is 4.82. The van der Waals surface area contributed by atoms with E-state index in [1.54, 1.807) is 30.3 Å². The lowest BCUT2D eigenvalue weighted by atomic mass is 10.0. The molecule has 0 aromatic heterocycles. The molecular weight excluding hydrogens is 418 g/mol. The van der Waals surface area contributed by atoms with Crippen molar-refractivity contribution in [3.63, 3.8) is 0 Å². The summed E-state index contributed by atoms with van der Waals surface area (Å²) >= 11 is 0. The Hall–Kier alpha value is -4.33. The van der Waals surface area contributed by atoms with Crippen molar-refractivity contribution in [2.75, 3.05) is 29.0 Å². The van der Waals surface area contributed by atoms with Crippen LogP contribution in [0, 0.1) is 0 Å². The van der Waals surface area contributed by atoms with Gasteiger partial charge in [-0.1, -0.05) is 18.2 Å². The highest BCUT2D eigenvalue weighted by molar-refractivity contribution is 6.11. The van der Waals surface area contributed by atoms with E-state index in [1.807, 2.05) is 36.4 Å². The van der Waals surface area contributed by atoms with Crippen LogP contribution in [0.3, 0.4) is 0 Å². The number of fused-ring (bicyclic) bond motifs is 1. The van der Waals surface area contributed by atoms with Crippen LogP contribution in [0.1, 0.15) is 33.2 Å². The second-order valence-corrected chi connectivity index (χ2v) is 7.63. The highest BCUT2D eigenvalue weighted by Crippen LogP contribution is 2.33. The van der Waals surface area contributed by atoms with Crippen LogP contribution in [0.4, 0.5) is 22.7 Å². The zero-order chi connectivity index (χ0) is 23.2. The number of carbonyl (C=O) groups excluding carboxylic acids is 3. The normalized spacial score (nSPS) is 11.8. The minimum atomic E-state index is -0.300. The van der Waals surface area contributed by atoms with E-state index in [2.05, 4.69) is 26.6 Å². The monoisotopic (exact) mass is 443 g/mol. The molecule has 0 atom stereocenters. The molecule has 4 rings (SSSR count). The average molecular weight is 444 g/mol. The smallest absolute Gasteiger partial charge is 0.255 e. The average Bonchev–Trinajstić information content (AvgIpc) is 3.21. The van der Waals surface area contributed by atoms with Gasteiger partial charge in [-0.3, -0.25) is 14.4 Å². The van der Waals surface area contributed by atoms with Crippen LogP contribution in [0.2, 0.25) is 0 Å². The third-order valence-electron chi connectivity index (χ3n) is 5.24. The minimum absolute atomic E-state index is 0.0761. The summed E-state index contributed by atoms with van der Waals surface area (Å²) in [7, 11) is 0. The molecule has 33 heavy (non-hydrogen) atoms. The van der Waals surface area contributed by atoms with Crippen molar-refractivity contribution in [1.29, 1.82) is 0 Å². The first-order valence-electron chi connectivity index (χ1n) is 10.7. The van der Waals surface area contributed by atoms with Gasteiger partial charge in [0.1, 0.15) is 0 Å². The molecule has 0 radical (unpaired) electrons. The predicted molar refractivity (Wildman–Crippen MR) is 129 cm³/mol. The Morgan fingerprint density at radius 2 is 1.61 bits per heavy atom. The third kappa shape index (κ3) is 5.30. The van der Waals surface area contributed by atoms with Crippen LogP contribution in [-0.4, -0.2) is 30.8 Å². The summed E-state index contributed by atoms with van der Waals surface area (Å²) in [5.74, 6) is -0.589. The van der Waals surface area contributed by atoms with E-state index in [9.17, 15) is 14.4 Å². The van der Waals surface area contributed by atoms with E-state index >= 15 is 0 Å². The highest BCUT2D eigenvalue weighted by atomic mass is 16.2. The number of carbonyl (C=O) groups is 3. The fourth-order valence-electron chi connectivity index (χ4n) is 3.63. The molecule has 3 aromatic rings. The van der Waals surface area contributed by atoms with Crippen molar-refractivity contribution in [2.24, 2.45) is 0 Å². The number of amides is 3. The summed E-state index contributed by atoms with van der Waals surface area (Å²) in [6.07, 6.45) is 0. The SMILES string of the molecule is CC(=O)NCCNc1ccc(C(=O)Nc2ccc(Nc3ccccc3)c3c2C(=O)NC3)cc1. The van der Waals surface area contributed by atoms with Gasteiger partial charge in [0.15, 0.2) is 0 Å². The van der Waals surface area contributed by atoms with E-state index < -0.39 is 0 Å². The van der Waals surface area contributed by atoms with Gasteiger partial charge in [-0.15, -0.1) is 0 Å². The number of para-hydroxylation sites is 1. The molecule has 3 aromatic carbocycles. The fraction of sp³-hybridized carbons (Fsp3) is 0.160. The van der Waals surface area contributed by atoms with Crippen LogP contribution in [-0.2, 0) is 11.3 Å². The van der Waals surface area contributed by atoms with E-state index in [0.29, 0.717) is 36.4 Å². The molecule has 3 amide bonds. The standard InChI is InChI=1S/C25H25N5O3/c1-16(31)26-13-14-27-18-9-7-17(8-10-18)24(32)30-22-12-11-21(20-15-28-25(33)23(20)22)29-19-5-3-2-4-6-19/h2-12,27,29H,13-15H2,1H3,(H,26,31)(H,28,33)(H,30,32). The third-order valence-corrected chi connectivity index (χ3v) is 5.24. The van der Waals surface area contributed by atoms with Gasteiger partial charge in [-0.25, -0.2) is 0 Å². The second kappa shape index (κ2) is 9.86. The van der Waals surface area contributed by atoms with Crippen molar-refractivity contribution >= 4 is 40.5 Å². The van der Waals surface area contributed by atoms with Gasteiger partial charge >= 0.3 is 0 Å². The van der Waals surface area contributed by atoms with Crippen molar-refractivity contribution in [2.45, 2.75) is 13.5 Å². The van der Waals surface area contributed by atoms with Gasteiger partial charge in [0, 0.05) is 54.7 Å². The van der Waals surface area contributed by atoms with E-state index in [1.165, 1.54) is 6.92 Å². The minimum Gasteiger partial charge on any atom is -0.383 e. The number of hydrogen-bond donors (Lipinski definition) is 5. The summed E-state index contributed by atoms with van der Waals surface area (Å²) in [6, 6.07) is 20.3. The predicted octanol–water partition coefficient (Wildman–Crippen LogP) is 3.47. The molecule has 0 saturated heterocycles. The molecule has 8 heteroatoms. The van der Waals surface area contributed by atoms with Crippen LogP contribution in [0.5, 0.6) is 0 Å². The summed E-state index contributed by atoms with van der Waals surface area (Å²) in [5, 5.41) is 14.9. The Morgan fingerprint density at radius 3 is 2.33 bits per heavy atom. The maximum atomic E-state index is 12.8. The van der Waals surface area contributed by atoms with E-state index in [0.717, 1.165) is 22.6 Å².